The zero-order valence-corrected chi connectivity index (χ0v) is 14.9. The first kappa shape index (κ1) is 16.3. The van der Waals surface area contributed by atoms with E-state index in [0.29, 0.717) is 5.75 Å². The molecule has 1 aliphatic rings. The van der Waals surface area contributed by atoms with Crippen LogP contribution in [-0.4, -0.2) is 40.9 Å². The van der Waals surface area contributed by atoms with Crippen molar-refractivity contribution < 1.29 is 4.79 Å². The Morgan fingerprint density at radius 1 is 1.43 bits per heavy atom. The number of anilines is 1. The van der Waals surface area contributed by atoms with Crippen molar-refractivity contribution in [3.8, 4) is 0 Å². The molecule has 7 heteroatoms. The lowest BCUT2D eigenvalue weighted by Gasteiger charge is -2.33. The van der Waals surface area contributed by atoms with Gasteiger partial charge in [-0.2, -0.15) is 0 Å². The number of amides is 1. The third-order valence-electron chi connectivity index (χ3n) is 4.14. The summed E-state index contributed by atoms with van der Waals surface area (Å²) in [5.41, 5.74) is 2.67. The van der Waals surface area contributed by atoms with Crippen LogP contribution in [0.3, 0.4) is 0 Å². The minimum atomic E-state index is 0.137. The zero-order valence-electron chi connectivity index (χ0n) is 13.3. The highest BCUT2D eigenvalue weighted by atomic mass is 32.2. The van der Waals surface area contributed by atoms with Gasteiger partial charge in [-0.15, -0.1) is 10.2 Å². The first-order valence-electron chi connectivity index (χ1n) is 7.66. The molecule has 0 radical (unpaired) electrons. The van der Waals surface area contributed by atoms with Gasteiger partial charge in [-0.1, -0.05) is 47.4 Å². The quantitative estimate of drug-likeness (QED) is 0.841. The van der Waals surface area contributed by atoms with E-state index in [2.05, 4.69) is 39.8 Å². The summed E-state index contributed by atoms with van der Waals surface area (Å²) in [7, 11) is 3.73. The van der Waals surface area contributed by atoms with Crippen LogP contribution in [0, 0.1) is 0 Å². The Kier molecular flexibility index (Phi) is 5.17. The van der Waals surface area contributed by atoms with Gasteiger partial charge in [-0.05, 0) is 30.4 Å². The third kappa shape index (κ3) is 3.67. The molecule has 0 unspecified atom stereocenters. The fourth-order valence-corrected chi connectivity index (χ4v) is 4.53. The average Bonchev–Trinajstić information content (AvgIpc) is 3.06. The Labute approximate surface area is 144 Å². The molecule has 0 spiro atoms. The Morgan fingerprint density at radius 2 is 2.26 bits per heavy atom. The third-order valence-corrected chi connectivity index (χ3v) is 6.20. The molecule has 0 saturated carbocycles. The number of nitrogens with one attached hydrogen (secondary N) is 1. The lowest BCUT2D eigenvalue weighted by atomic mass is 9.87. The molecule has 5 nitrogen and oxygen atoms in total. The van der Waals surface area contributed by atoms with Crippen LogP contribution < -0.4 is 5.32 Å². The number of benzene rings is 1. The highest BCUT2D eigenvalue weighted by Gasteiger charge is 2.26. The van der Waals surface area contributed by atoms with Crippen LogP contribution in [0.15, 0.2) is 28.6 Å². The fraction of sp³-hybridized carbons (Fsp3) is 0.438. The molecule has 1 aromatic carbocycles. The molecule has 1 atom stereocenters. The summed E-state index contributed by atoms with van der Waals surface area (Å²) in [4.78, 5) is 14.4. The van der Waals surface area contributed by atoms with Gasteiger partial charge in [0.1, 0.15) is 0 Å². The molecule has 122 valence electrons. The molecule has 1 aliphatic carbocycles. The molecule has 0 fully saturated rings. The summed E-state index contributed by atoms with van der Waals surface area (Å²) in [6, 6.07) is 8.66. The number of aryl methyl sites for hydroxylation is 1. The van der Waals surface area contributed by atoms with E-state index in [-0.39, 0.29) is 11.9 Å². The predicted octanol–water partition coefficient (Wildman–Crippen LogP) is 3.21. The van der Waals surface area contributed by atoms with Gasteiger partial charge in [-0.3, -0.25) is 4.79 Å². The standard InChI is InChI=1S/C16H20N4OS2/c1-17-15-18-19-16(23-15)22-10-14(21)20(2)13-9-5-7-11-6-3-4-8-12(11)13/h3-4,6,8,13H,5,7,9-10H2,1-2H3,(H,17,18)/t13-/m1/s1. The van der Waals surface area contributed by atoms with E-state index in [0.717, 1.165) is 28.7 Å². The normalized spacial score (nSPS) is 16.7. The maximum absolute atomic E-state index is 12.5. The molecule has 0 bridgehead atoms. The maximum Gasteiger partial charge on any atom is 0.233 e. The van der Waals surface area contributed by atoms with Crippen molar-refractivity contribution in [1.82, 2.24) is 15.1 Å². The summed E-state index contributed by atoms with van der Waals surface area (Å²) >= 11 is 2.92. The van der Waals surface area contributed by atoms with E-state index in [1.807, 2.05) is 19.0 Å². The van der Waals surface area contributed by atoms with Gasteiger partial charge in [0.2, 0.25) is 11.0 Å². The monoisotopic (exact) mass is 348 g/mol. The van der Waals surface area contributed by atoms with Crippen LogP contribution in [-0.2, 0) is 11.2 Å². The summed E-state index contributed by atoms with van der Waals surface area (Å²) in [5, 5.41) is 11.8. The van der Waals surface area contributed by atoms with Crippen LogP contribution in [0.25, 0.3) is 0 Å². The van der Waals surface area contributed by atoms with Crippen LogP contribution >= 0.6 is 23.1 Å². The highest BCUT2D eigenvalue weighted by molar-refractivity contribution is 8.01. The molecule has 1 heterocycles. The van der Waals surface area contributed by atoms with Crippen LogP contribution in [0.4, 0.5) is 5.13 Å². The molecule has 2 aromatic rings. The van der Waals surface area contributed by atoms with Crippen molar-refractivity contribution in [1.29, 1.82) is 0 Å². The number of nitrogens with zero attached hydrogens (tertiary/aromatic N) is 3. The van der Waals surface area contributed by atoms with Gasteiger partial charge >= 0.3 is 0 Å². The number of carbonyl (C=O) groups is 1. The van der Waals surface area contributed by atoms with Crippen molar-refractivity contribution in [3.63, 3.8) is 0 Å². The Balaban J connectivity index is 1.64. The van der Waals surface area contributed by atoms with Gasteiger partial charge in [0, 0.05) is 14.1 Å². The van der Waals surface area contributed by atoms with Crippen LogP contribution in [0.1, 0.15) is 30.0 Å². The minimum Gasteiger partial charge on any atom is -0.363 e. The summed E-state index contributed by atoms with van der Waals surface area (Å²) < 4.78 is 0.820. The average molecular weight is 348 g/mol. The first-order chi connectivity index (χ1) is 11.2. The lowest BCUT2D eigenvalue weighted by Crippen LogP contribution is -2.34. The topological polar surface area (TPSA) is 58.1 Å². The molecule has 1 N–H and O–H groups in total. The number of thioether (sulfide) groups is 1. The Morgan fingerprint density at radius 3 is 3.04 bits per heavy atom. The SMILES string of the molecule is CNc1nnc(SCC(=O)N(C)[C@@H]2CCCc3ccccc32)s1. The van der Waals surface area contributed by atoms with Crippen molar-refractivity contribution in [2.24, 2.45) is 0 Å². The lowest BCUT2D eigenvalue weighted by molar-refractivity contribution is -0.129. The summed E-state index contributed by atoms with van der Waals surface area (Å²) in [6.45, 7) is 0. The van der Waals surface area contributed by atoms with Crippen LogP contribution in [0.2, 0.25) is 0 Å². The van der Waals surface area contributed by atoms with E-state index in [9.17, 15) is 4.79 Å². The second kappa shape index (κ2) is 7.31. The van der Waals surface area contributed by atoms with E-state index < -0.39 is 0 Å². The van der Waals surface area contributed by atoms with Crippen molar-refractivity contribution in [3.05, 3.63) is 35.4 Å². The maximum atomic E-state index is 12.5. The molecular formula is C16H20N4OS2. The van der Waals surface area contributed by atoms with Crippen molar-refractivity contribution >= 4 is 34.1 Å². The summed E-state index contributed by atoms with van der Waals surface area (Å²) in [6.07, 6.45) is 3.28. The minimum absolute atomic E-state index is 0.137. The van der Waals surface area contributed by atoms with Crippen LogP contribution in [0.5, 0.6) is 0 Å². The summed E-state index contributed by atoms with van der Waals surface area (Å²) in [5.74, 6) is 0.533. The Bertz CT molecular complexity index is 688. The molecule has 1 amide bonds. The number of carbonyl (C=O) groups excluding carboxylic acids is 1. The number of rotatable bonds is 5. The van der Waals surface area contributed by atoms with E-state index in [4.69, 9.17) is 0 Å². The number of fused-ring (bicyclic) bond motifs is 1. The molecular weight excluding hydrogens is 328 g/mol. The van der Waals surface area contributed by atoms with E-state index in [1.165, 1.54) is 34.2 Å². The molecule has 23 heavy (non-hydrogen) atoms. The second-order valence-corrected chi connectivity index (χ2v) is 7.72. The number of hydrogen-bond donors (Lipinski definition) is 1. The zero-order chi connectivity index (χ0) is 16.2. The smallest absolute Gasteiger partial charge is 0.233 e. The van der Waals surface area contributed by atoms with Gasteiger partial charge in [0.25, 0.3) is 0 Å². The molecule has 3 rings (SSSR count). The van der Waals surface area contributed by atoms with Gasteiger partial charge in [0.05, 0.1) is 11.8 Å². The number of hydrogen-bond acceptors (Lipinski definition) is 6. The highest BCUT2D eigenvalue weighted by Crippen LogP contribution is 2.34. The molecule has 1 aromatic heterocycles. The molecule has 0 aliphatic heterocycles. The van der Waals surface area contributed by atoms with Gasteiger partial charge in [-0.25, -0.2) is 0 Å². The van der Waals surface area contributed by atoms with Crippen molar-refractivity contribution in [2.75, 3.05) is 25.2 Å². The fourth-order valence-electron chi connectivity index (χ4n) is 2.90. The first-order valence-corrected chi connectivity index (χ1v) is 9.46. The van der Waals surface area contributed by atoms with Gasteiger partial charge < -0.3 is 10.2 Å². The van der Waals surface area contributed by atoms with Gasteiger partial charge in [0.15, 0.2) is 4.34 Å². The Hall–Kier alpha value is -1.60. The second-order valence-electron chi connectivity index (χ2n) is 5.52. The van der Waals surface area contributed by atoms with Crippen molar-refractivity contribution in [2.45, 2.75) is 29.6 Å². The van der Waals surface area contributed by atoms with E-state index >= 15 is 0 Å². The predicted molar refractivity (Wildman–Crippen MR) is 95.1 cm³/mol. The number of aromatic nitrogens is 2. The molecule has 0 saturated heterocycles. The largest absolute Gasteiger partial charge is 0.363 e. The van der Waals surface area contributed by atoms with E-state index in [1.54, 1.807) is 0 Å².